The van der Waals surface area contributed by atoms with Crippen LogP contribution < -0.4 is 5.32 Å². The van der Waals surface area contributed by atoms with Crippen LogP contribution in [0.5, 0.6) is 0 Å². The molecule has 1 unspecified atom stereocenters. The first-order valence-corrected chi connectivity index (χ1v) is 7.18. The number of nitrogens with zero attached hydrogens (tertiary/aromatic N) is 2. The molecule has 1 fully saturated rings. The summed E-state index contributed by atoms with van der Waals surface area (Å²) >= 11 is 1.38. The molecule has 0 spiro atoms. The van der Waals surface area contributed by atoms with Gasteiger partial charge in [0.15, 0.2) is 5.13 Å². The Morgan fingerprint density at radius 3 is 3.10 bits per heavy atom. The second kappa shape index (κ2) is 6.78. The predicted molar refractivity (Wildman–Crippen MR) is 73.9 cm³/mol. The van der Waals surface area contributed by atoms with Crippen LogP contribution >= 0.6 is 11.3 Å². The molecule has 0 aliphatic carbocycles. The number of aromatic nitrogens is 1. The lowest BCUT2D eigenvalue weighted by molar-refractivity contribution is -0.142. The fourth-order valence-corrected chi connectivity index (χ4v) is 2.72. The van der Waals surface area contributed by atoms with E-state index >= 15 is 0 Å². The quantitative estimate of drug-likeness (QED) is 0.825. The van der Waals surface area contributed by atoms with Crippen molar-refractivity contribution < 1.29 is 19.4 Å². The fraction of sp³-hybridized carbons (Fsp3) is 0.583. The second-order valence-corrected chi connectivity index (χ2v) is 5.53. The van der Waals surface area contributed by atoms with E-state index in [4.69, 9.17) is 9.84 Å². The van der Waals surface area contributed by atoms with Gasteiger partial charge in [0.05, 0.1) is 31.4 Å². The first-order valence-electron chi connectivity index (χ1n) is 6.30. The van der Waals surface area contributed by atoms with Gasteiger partial charge in [0.25, 0.3) is 0 Å². The smallest absolute Gasteiger partial charge is 0.306 e. The van der Waals surface area contributed by atoms with E-state index in [1.165, 1.54) is 11.3 Å². The number of rotatable bonds is 5. The lowest BCUT2D eigenvalue weighted by Crippen LogP contribution is -2.46. The van der Waals surface area contributed by atoms with Crippen LogP contribution in [0.2, 0.25) is 0 Å². The Balaban J connectivity index is 1.80. The van der Waals surface area contributed by atoms with Crippen molar-refractivity contribution in [3.05, 3.63) is 11.1 Å². The molecule has 0 radical (unpaired) electrons. The SMILES string of the molecule is Cc1csc(NC(=O)CN2CCOC(CC(=O)O)C2)n1. The van der Waals surface area contributed by atoms with E-state index in [0.29, 0.717) is 24.8 Å². The van der Waals surface area contributed by atoms with Crippen LogP contribution in [0.3, 0.4) is 0 Å². The highest BCUT2D eigenvalue weighted by Gasteiger charge is 2.24. The molecule has 0 saturated carbocycles. The summed E-state index contributed by atoms with van der Waals surface area (Å²) in [4.78, 5) is 28.6. The molecule has 7 nitrogen and oxygen atoms in total. The molecule has 2 heterocycles. The first kappa shape index (κ1) is 14.9. The number of carboxylic acids is 1. The summed E-state index contributed by atoms with van der Waals surface area (Å²) in [6.07, 6.45) is -0.389. The van der Waals surface area contributed by atoms with Gasteiger partial charge in [0.2, 0.25) is 5.91 Å². The number of hydrogen-bond donors (Lipinski definition) is 2. The van der Waals surface area contributed by atoms with E-state index in [2.05, 4.69) is 10.3 Å². The van der Waals surface area contributed by atoms with E-state index in [1.54, 1.807) is 0 Å². The zero-order chi connectivity index (χ0) is 14.5. The summed E-state index contributed by atoms with van der Waals surface area (Å²) in [5.74, 6) is -1.03. The number of ether oxygens (including phenoxy) is 1. The molecule has 110 valence electrons. The van der Waals surface area contributed by atoms with Gasteiger partial charge in [0, 0.05) is 18.5 Å². The minimum Gasteiger partial charge on any atom is -0.481 e. The normalized spacial score (nSPS) is 19.8. The molecule has 2 rings (SSSR count). The van der Waals surface area contributed by atoms with Gasteiger partial charge in [-0.25, -0.2) is 4.98 Å². The maximum Gasteiger partial charge on any atom is 0.306 e. The Morgan fingerprint density at radius 1 is 1.65 bits per heavy atom. The Labute approximate surface area is 120 Å². The van der Waals surface area contributed by atoms with Crippen LogP contribution in [0, 0.1) is 6.92 Å². The molecule has 1 atom stereocenters. The number of morpholine rings is 1. The molecule has 1 aromatic heterocycles. The molecule has 1 amide bonds. The molecule has 0 aromatic carbocycles. The number of nitrogens with one attached hydrogen (secondary N) is 1. The van der Waals surface area contributed by atoms with Gasteiger partial charge in [0.1, 0.15) is 0 Å². The number of amides is 1. The molecule has 0 bridgehead atoms. The highest BCUT2D eigenvalue weighted by atomic mass is 32.1. The van der Waals surface area contributed by atoms with Crippen molar-refractivity contribution in [1.82, 2.24) is 9.88 Å². The number of hydrogen-bond acceptors (Lipinski definition) is 6. The number of aliphatic carboxylic acids is 1. The molecule has 20 heavy (non-hydrogen) atoms. The summed E-state index contributed by atoms with van der Waals surface area (Å²) < 4.78 is 5.36. The van der Waals surface area contributed by atoms with Gasteiger partial charge in [-0.05, 0) is 6.92 Å². The van der Waals surface area contributed by atoms with Crippen molar-refractivity contribution >= 4 is 28.3 Å². The Bertz CT molecular complexity index is 491. The number of carboxylic acid groups (broad SMARTS) is 1. The third-order valence-electron chi connectivity index (χ3n) is 2.86. The summed E-state index contributed by atoms with van der Waals surface area (Å²) in [6.45, 7) is 3.61. The number of carbonyl (C=O) groups excluding carboxylic acids is 1. The van der Waals surface area contributed by atoms with Gasteiger partial charge in [-0.1, -0.05) is 0 Å². The van der Waals surface area contributed by atoms with Gasteiger partial charge in [-0.2, -0.15) is 0 Å². The van der Waals surface area contributed by atoms with Crippen LogP contribution in [0.4, 0.5) is 5.13 Å². The third-order valence-corrected chi connectivity index (χ3v) is 3.73. The van der Waals surface area contributed by atoms with Crippen molar-refractivity contribution in [2.24, 2.45) is 0 Å². The standard InChI is InChI=1S/C12H17N3O4S/c1-8-7-20-12(13-8)14-10(16)6-15-2-3-19-9(5-15)4-11(17)18/h7,9H,2-6H2,1H3,(H,17,18)(H,13,14,16). The molecule has 8 heteroatoms. The van der Waals surface area contributed by atoms with Crippen LogP contribution in [0.1, 0.15) is 12.1 Å². The lowest BCUT2D eigenvalue weighted by Gasteiger charge is -2.31. The number of aryl methyl sites for hydroxylation is 1. The largest absolute Gasteiger partial charge is 0.481 e. The Hall–Kier alpha value is -1.51. The van der Waals surface area contributed by atoms with Crippen LogP contribution in [-0.4, -0.2) is 59.2 Å². The van der Waals surface area contributed by atoms with Crippen LogP contribution in [0.25, 0.3) is 0 Å². The van der Waals surface area contributed by atoms with Crippen molar-refractivity contribution in [2.45, 2.75) is 19.4 Å². The summed E-state index contributed by atoms with van der Waals surface area (Å²) in [5.41, 5.74) is 0.873. The van der Waals surface area contributed by atoms with E-state index in [9.17, 15) is 9.59 Å². The van der Waals surface area contributed by atoms with Gasteiger partial charge >= 0.3 is 5.97 Å². The fourth-order valence-electron chi connectivity index (χ4n) is 2.02. The summed E-state index contributed by atoms with van der Waals surface area (Å²) in [6, 6.07) is 0. The van der Waals surface area contributed by atoms with Crippen molar-refractivity contribution in [2.75, 3.05) is 31.6 Å². The highest BCUT2D eigenvalue weighted by Crippen LogP contribution is 2.14. The zero-order valence-corrected chi connectivity index (χ0v) is 12.0. The third kappa shape index (κ3) is 4.55. The Kier molecular flexibility index (Phi) is 5.05. The topological polar surface area (TPSA) is 91.8 Å². The molecule has 1 aliphatic rings. The number of thiazole rings is 1. The molecular formula is C12H17N3O4S. The minimum atomic E-state index is -0.889. The predicted octanol–water partition coefficient (Wildman–Crippen LogP) is 0.566. The minimum absolute atomic E-state index is 0.0379. The first-order chi connectivity index (χ1) is 9.52. The van der Waals surface area contributed by atoms with Gasteiger partial charge in [-0.3, -0.25) is 14.5 Å². The monoisotopic (exact) mass is 299 g/mol. The number of anilines is 1. The van der Waals surface area contributed by atoms with E-state index in [1.807, 2.05) is 17.2 Å². The van der Waals surface area contributed by atoms with Crippen molar-refractivity contribution in [3.8, 4) is 0 Å². The van der Waals surface area contributed by atoms with Crippen molar-refractivity contribution in [3.63, 3.8) is 0 Å². The molecule has 1 saturated heterocycles. The van der Waals surface area contributed by atoms with Crippen molar-refractivity contribution in [1.29, 1.82) is 0 Å². The number of carbonyl (C=O) groups is 2. The summed E-state index contributed by atoms with van der Waals surface area (Å²) in [5, 5.41) is 13.9. The zero-order valence-electron chi connectivity index (χ0n) is 11.2. The highest BCUT2D eigenvalue weighted by molar-refractivity contribution is 7.13. The van der Waals surface area contributed by atoms with E-state index in [-0.39, 0.29) is 25.0 Å². The average molecular weight is 299 g/mol. The summed E-state index contributed by atoms with van der Waals surface area (Å²) in [7, 11) is 0. The van der Waals surface area contributed by atoms with Gasteiger partial charge in [-0.15, -0.1) is 11.3 Å². The van der Waals surface area contributed by atoms with Crippen LogP contribution in [0.15, 0.2) is 5.38 Å². The lowest BCUT2D eigenvalue weighted by atomic mass is 10.2. The Morgan fingerprint density at radius 2 is 2.45 bits per heavy atom. The maximum absolute atomic E-state index is 11.9. The molecule has 2 N–H and O–H groups in total. The maximum atomic E-state index is 11.9. The van der Waals surface area contributed by atoms with E-state index in [0.717, 1.165) is 5.69 Å². The molecule has 1 aromatic rings. The molecule has 1 aliphatic heterocycles. The second-order valence-electron chi connectivity index (χ2n) is 4.67. The average Bonchev–Trinajstić information content (AvgIpc) is 2.74. The van der Waals surface area contributed by atoms with E-state index < -0.39 is 5.97 Å². The van der Waals surface area contributed by atoms with Crippen LogP contribution in [-0.2, 0) is 14.3 Å². The molecular weight excluding hydrogens is 282 g/mol. The van der Waals surface area contributed by atoms with Gasteiger partial charge < -0.3 is 15.2 Å².